The molecule has 7 heteroatoms. The first kappa shape index (κ1) is 10.0. The fourth-order valence-corrected chi connectivity index (χ4v) is 1.76. The third kappa shape index (κ3) is 3.43. The summed E-state index contributed by atoms with van der Waals surface area (Å²) in [6, 6.07) is 0. The van der Waals surface area contributed by atoms with Gasteiger partial charge in [0.1, 0.15) is 12.0 Å². The maximum absolute atomic E-state index is 11.2. The molecule has 13 heavy (non-hydrogen) atoms. The molecule has 0 aliphatic heterocycles. The van der Waals surface area contributed by atoms with E-state index in [4.69, 9.17) is 0 Å². The van der Waals surface area contributed by atoms with Gasteiger partial charge >= 0.3 is 0 Å². The molecular formula is C6H11N3O3S. The number of nitrogens with one attached hydrogen (secondary N) is 2. The summed E-state index contributed by atoms with van der Waals surface area (Å²) in [6.07, 6.45) is 2.54. The highest BCUT2D eigenvalue weighted by molar-refractivity contribution is 7.92. The summed E-state index contributed by atoms with van der Waals surface area (Å²) in [4.78, 5) is 0. The second-order valence-corrected chi connectivity index (χ2v) is 4.28. The first-order valence-electron chi connectivity index (χ1n) is 3.68. The van der Waals surface area contributed by atoms with Gasteiger partial charge in [0.2, 0.25) is 10.0 Å². The number of hydrogen-bond donors (Lipinski definition) is 2. The molecule has 0 bridgehead atoms. The Morgan fingerprint density at radius 1 is 1.62 bits per heavy atom. The SMILES string of the molecule is CNCCS(=O)(=O)Nc1cnoc1. The Balaban J connectivity index is 2.53. The average molecular weight is 205 g/mol. The number of hydrogen-bond acceptors (Lipinski definition) is 5. The summed E-state index contributed by atoms with van der Waals surface area (Å²) in [5, 5.41) is 6.11. The van der Waals surface area contributed by atoms with Crippen molar-refractivity contribution in [3.05, 3.63) is 12.5 Å². The Bertz CT molecular complexity index is 332. The minimum atomic E-state index is -3.28. The van der Waals surface area contributed by atoms with Crippen molar-refractivity contribution in [1.29, 1.82) is 0 Å². The smallest absolute Gasteiger partial charge is 0.234 e. The molecule has 0 unspecified atom stereocenters. The van der Waals surface area contributed by atoms with Gasteiger partial charge in [-0.25, -0.2) is 8.42 Å². The second kappa shape index (κ2) is 4.24. The molecule has 1 heterocycles. The Hall–Kier alpha value is -1.08. The van der Waals surface area contributed by atoms with E-state index in [9.17, 15) is 8.42 Å². The summed E-state index contributed by atoms with van der Waals surface area (Å²) in [7, 11) is -1.59. The molecule has 0 atom stereocenters. The van der Waals surface area contributed by atoms with Crippen molar-refractivity contribution >= 4 is 15.7 Å². The zero-order chi connectivity index (χ0) is 9.73. The fraction of sp³-hybridized carbons (Fsp3) is 0.500. The van der Waals surface area contributed by atoms with Gasteiger partial charge in [0.15, 0.2) is 0 Å². The molecule has 0 aromatic carbocycles. The van der Waals surface area contributed by atoms with Crippen LogP contribution in [0.5, 0.6) is 0 Å². The highest BCUT2D eigenvalue weighted by Crippen LogP contribution is 2.06. The van der Waals surface area contributed by atoms with Gasteiger partial charge in [0.25, 0.3) is 0 Å². The molecule has 0 saturated carbocycles. The van der Waals surface area contributed by atoms with Crippen molar-refractivity contribution in [3.8, 4) is 0 Å². The summed E-state index contributed by atoms with van der Waals surface area (Å²) in [5.74, 6) is 0.0225. The van der Waals surface area contributed by atoms with Crippen LogP contribution in [0.3, 0.4) is 0 Å². The van der Waals surface area contributed by atoms with Crippen LogP contribution < -0.4 is 10.0 Å². The van der Waals surface area contributed by atoms with Crippen LogP contribution >= 0.6 is 0 Å². The molecular weight excluding hydrogens is 194 g/mol. The van der Waals surface area contributed by atoms with Gasteiger partial charge in [-0.15, -0.1) is 0 Å². The Labute approximate surface area is 76.4 Å². The predicted molar refractivity (Wildman–Crippen MR) is 47.8 cm³/mol. The summed E-state index contributed by atoms with van der Waals surface area (Å²) in [6.45, 7) is 0.403. The third-order valence-corrected chi connectivity index (χ3v) is 2.61. The van der Waals surface area contributed by atoms with E-state index in [1.54, 1.807) is 7.05 Å². The van der Waals surface area contributed by atoms with Gasteiger partial charge in [0, 0.05) is 6.54 Å². The van der Waals surface area contributed by atoms with E-state index in [-0.39, 0.29) is 5.75 Å². The summed E-state index contributed by atoms with van der Waals surface area (Å²) in [5.41, 5.74) is 0.344. The van der Waals surface area contributed by atoms with Crippen LogP contribution in [0.15, 0.2) is 17.0 Å². The molecule has 0 aliphatic carbocycles. The average Bonchev–Trinajstić information content (AvgIpc) is 2.52. The maximum atomic E-state index is 11.2. The van der Waals surface area contributed by atoms with Crippen molar-refractivity contribution in [2.45, 2.75) is 0 Å². The number of sulfonamides is 1. The van der Waals surface area contributed by atoms with Crippen LogP contribution in [0, 0.1) is 0 Å². The minimum absolute atomic E-state index is 0.0225. The first-order valence-corrected chi connectivity index (χ1v) is 5.34. The third-order valence-electron chi connectivity index (χ3n) is 1.33. The standard InChI is InChI=1S/C6H11N3O3S/c1-7-2-3-13(10,11)9-6-4-8-12-5-6/h4-5,7,9H,2-3H2,1H3. The molecule has 74 valence electrons. The minimum Gasteiger partial charge on any atom is -0.362 e. The number of rotatable bonds is 5. The number of nitrogens with zero attached hydrogens (tertiary/aromatic N) is 1. The molecule has 1 aromatic heterocycles. The fourth-order valence-electron chi connectivity index (χ4n) is 0.722. The van der Waals surface area contributed by atoms with Gasteiger partial charge in [-0.2, -0.15) is 0 Å². The van der Waals surface area contributed by atoms with Crippen LogP contribution in [0.25, 0.3) is 0 Å². The monoisotopic (exact) mass is 205 g/mol. The van der Waals surface area contributed by atoms with Gasteiger partial charge in [0.05, 0.1) is 11.9 Å². The van der Waals surface area contributed by atoms with E-state index in [0.29, 0.717) is 12.2 Å². The van der Waals surface area contributed by atoms with Crippen molar-refractivity contribution in [2.75, 3.05) is 24.1 Å². The summed E-state index contributed by atoms with van der Waals surface area (Å²) < 4.78 is 29.3. The van der Waals surface area contributed by atoms with E-state index in [0.717, 1.165) is 0 Å². The lowest BCUT2D eigenvalue weighted by atomic mass is 10.6. The molecule has 1 aromatic rings. The normalized spacial score (nSPS) is 11.5. The molecule has 0 radical (unpaired) electrons. The topological polar surface area (TPSA) is 84.2 Å². The van der Waals surface area contributed by atoms with Crippen LogP contribution in [0.2, 0.25) is 0 Å². The number of anilines is 1. The largest absolute Gasteiger partial charge is 0.362 e. The molecule has 0 saturated heterocycles. The molecule has 0 spiro atoms. The zero-order valence-electron chi connectivity index (χ0n) is 7.15. The molecule has 1 rings (SSSR count). The van der Waals surface area contributed by atoms with Gasteiger partial charge < -0.3 is 9.84 Å². The van der Waals surface area contributed by atoms with Crippen molar-refractivity contribution in [3.63, 3.8) is 0 Å². The second-order valence-electron chi connectivity index (χ2n) is 2.44. The van der Waals surface area contributed by atoms with Gasteiger partial charge in [-0.1, -0.05) is 5.16 Å². The van der Waals surface area contributed by atoms with Crippen LogP contribution in [0.4, 0.5) is 5.69 Å². The van der Waals surface area contributed by atoms with E-state index in [2.05, 4.69) is 19.7 Å². The molecule has 0 amide bonds. The van der Waals surface area contributed by atoms with Crippen molar-refractivity contribution < 1.29 is 12.9 Å². The lowest BCUT2D eigenvalue weighted by molar-refractivity contribution is 0.420. The summed E-state index contributed by atoms with van der Waals surface area (Å²) >= 11 is 0. The van der Waals surface area contributed by atoms with Crippen molar-refractivity contribution in [2.24, 2.45) is 0 Å². The lowest BCUT2D eigenvalue weighted by Gasteiger charge is -2.03. The molecule has 0 fully saturated rings. The highest BCUT2D eigenvalue weighted by Gasteiger charge is 2.09. The molecule has 6 nitrogen and oxygen atoms in total. The van der Waals surface area contributed by atoms with E-state index < -0.39 is 10.0 Å². The predicted octanol–water partition coefficient (Wildman–Crippen LogP) is -0.364. The maximum Gasteiger partial charge on any atom is 0.234 e. The first-order chi connectivity index (χ1) is 6.14. The van der Waals surface area contributed by atoms with E-state index >= 15 is 0 Å². The Morgan fingerprint density at radius 2 is 2.38 bits per heavy atom. The van der Waals surface area contributed by atoms with Crippen molar-refractivity contribution in [1.82, 2.24) is 10.5 Å². The van der Waals surface area contributed by atoms with E-state index in [1.807, 2.05) is 0 Å². The Kier molecular flexibility index (Phi) is 3.26. The molecule has 0 aliphatic rings. The van der Waals surface area contributed by atoms with Crippen LogP contribution in [-0.2, 0) is 10.0 Å². The zero-order valence-corrected chi connectivity index (χ0v) is 7.97. The van der Waals surface area contributed by atoms with Crippen LogP contribution in [-0.4, -0.2) is 32.9 Å². The lowest BCUT2D eigenvalue weighted by Crippen LogP contribution is -2.24. The highest BCUT2D eigenvalue weighted by atomic mass is 32.2. The Morgan fingerprint density at radius 3 is 2.92 bits per heavy atom. The molecule has 2 N–H and O–H groups in total. The quantitative estimate of drug-likeness (QED) is 0.685. The number of aromatic nitrogens is 1. The van der Waals surface area contributed by atoms with Gasteiger partial charge in [-0.05, 0) is 7.05 Å². The van der Waals surface area contributed by atoms with Gasteiger partial charge in [-0.3, -0.25) is 4.72 Å². The van der Waals surface area contributed by atoms with Crippen LogP contribution in [0.1, 0.15) is 0 Å². The van der Waals surface area contributed by atoms with E-state index in [1.165, 1.54) is 12.5 Å².